The number of rotatable bonds is 0. The summed E-state index contributed by atoms with van der Waals surface area (Å²) in [5.41, 5.74) is 6.97. The Bertz CT molecular complexity index is 426. The fraction of sp³-hybridized carbons (Fsp3) is 0. The molecular formula is C9H7N2O-. The maximum Gasteiger partial charge on any atom is 0.0715 e. The molecule has 3 nitrogen and oxygen atoms in total. The zero-order valence-corrected chi connectivity index (χ0v) is 6.32. The fourth-order valence-electron chi connectivity index (χ4n) is 1.16. The average molecular weight is 159 g/mol. The monoisotopic (exact) mass is 159 g/mol. The second kappa shape index (κ2) is 2.37. The largest absolute Gasteiger partial charge is 0.859 e. The predicted molar refractivity (Wildman–Crippen MR) is 45.6 cm³/mol. The smallest absolute Gasteiger partial charge is 0.0715 e. The minimum Gasteiger partial charge on any atom is -0.859 e. The first-order valence-corrected chi connectivity index (χ1v) is 3.59. The van der Waals surface area contributed by atoms with E-state index in [4.69, 9.17) is 5.73 Å². The molecule has 1 aromatic heterocycles. The van der Waals surface area contributed by atoms with Crippen LogP contribution in [0.1, 0.15) is 0 Å². The Morgan fingerprint density at radius 2 is 2.00 bits per heavy atom. The van der Waals surface area contributed by atoms with Crippen LogP contribution in [0.25, 0.3) is 10.9 Å². The summed E-state index contributed by atoms with van der Waals surface area (Å²) in [6.45, 7) is 0. The summed E-state index contributed by atoms with van der Waals surface area (Å²) in [4.78, 5) is 3.80. The summed E-state index contributed by atoms with van der Waals surface area (Å²) in [6, 6.07) is 8.45. The molecule has 0 fully saturated rings. The van der Waals surface area contributed by atoms with E-state index < -0.39 is 0 Å². The quantitative estimate of drug-likeness (QED) is 0.580. The first kappa shape index (κ1) is 6.91. The first-order valence-electron chi connectivity index (χ1n) is 3.59. The van der Waals surface area contributed by atoms with Crippen LogP contribution in [-0.2, 0) is 0 Å². The summed E-state index contributed by atoms with van der Waals surface area (Å²) < 4.78 is 0. The molecule has 3 heteroatoms. The van der Waals surface area contributed by atoms with Gasteiger partial charge in [-0.3, -0.25) is 4.98 Å². The van der Waals surface area contributed by atoms with E-state index in [1.807, 2.05) is 0 Å². The SMILES string of the molecule is Nc1cccc2nc([O-])ccc12. The van der Waals surface area contributed by atoms with Gasteiger partial charge in [0.2, 0.25) is 0 Å². The van der Waals surface area contributed by atoms with Crippen molar-refractivity contribution in [2.24, 2.45) is 0 Å². The lowest BCUT2D eigenvalue weighted by Gasteiger charge is -2.06. The number of aromatic nitrogens is 1. The molecule has 0 saturated carbocycles. The van der Waals surface area contributed by atoms with E-state index in [1.54, 1.807) is 24.3 Å². The van der Waals surface area contributed by atoms with E-state index >= 15 is 0 Å². The fourth-order valence-corrected chi connectivity index (χ4v) is 1.16. The van der Waals surface area contributed by atoms with Crippen molar-refractivity contribution in [3.8, 4) is 5.88 Å². The zero-order valence-electron chi connectivity index (χ0n) is 6.32. The van der Waals surface area contributed by atoms with E-state index in [1.165, 1.54) is 6.07 Å². The molecule has 0 bridgehead atoms. The number of hydrogen-bond donors (Lipinski definition) is 1. The molecule has 0 spiro atoms. The van der Waals surface area contributed by atoms with Crippen LogP contribution in [-0.4, -0.2) is 4.98 Å². The molecule has 0 unspecified atom stereocenters. The van der Waals surface area contributed by atoms with E-state index in [0.29, 0.717) is 11.2 Å². The normalized spacial score (nSPS) is 10.3. The molecule has 12 heavy (non-hydrogen) atoms. The second-order valence-corrected chi connectivity index (χ2v) is 2.56. The molecule has 0 amide bonds. The molecule has 0 aliphatic carbocycles. The van der Waals surface area contributed by atoms with Crippen LogP contribution in [0.5, 0.6) is 5.88 Å². The predicted octanol–water partition coefficient (Wildman–Crippen LogP) is 0.891. The molecule has 60 valence electrons. The standard InChI is InChI=1S/C9H8N2O/c10-7-2-1-3-8-6(7)4-5-9(12)11-8/h1-5H,10H2,(H,11,12)/p-1. The lowest BCUT2D eigenvalue weighted by Crippen LogP contribution is -1.94. The second-order valence-electron chi connectivity index (χ2n) is 2.56. The maximum absolute atomic E-state index is 10.8. The van der Waals surface area contributed by atoms with Crippen molar-refractivity contribution in [2.75, 3.05) is 5.73 Å². The van der Waals surface area contributed by atoms with Gasteiger partial charge in [-0.2, -0.15) is 0 Å². The Hall–Kier alpha value is -1.77. The van der Waals surface area contributed by atoms with Crippen molar-refractivity contribution in [1.29, 1.82) is 0 Å². The van der Waals surface area contributed by atoms with Crippen LogP contribution in [0.3, 0.4) is 0 Å². The third-order valence-electron chi connectivity index (χ3n) is 1.74. The highest BCUT2D eigenvalue weighted by Gasteiger charge is 1.95. The summed E-state index contributed by atoms with van der Waals surface area (Å²) in [5, 5.41) is 11.7. The molecular weight excluding hydrogens is 152 g/mol. The lowest BCUT2D eigenvalue weighted by molar-refractivity contribution is -0.274. The molecule has 2 N–H and O–H groups in total. The van der Waals surface area contributed by atoms with Crippen LogP contribution >= 0.6 is 0 Å². The van der Waals surface area contributed by atoms with Crippen LogP contribution in [0.4, 0.5) is 5.69 Å². The first-order chi connectivity index (χ1) is 5.77. The van der Waals surface area contributed by atoms with E-state index in [2.05, 4.69) is 4.98 Å². The number of anilines is 1. The van der Waals surface area contributed by atoms with Gasteiger partial charge in [-0.25, -0.2) is 0 Å². The average Bonchev–Trinajstić information content (AvgIpc) is 2.04. The van der Waals surface area contributed by atoms with Gasteiger partial charge in [0.15, 0.2) is 0 Å². The Labute approximate surface area is 69.5 Å². The number of nitrogens with two attached hydrogens (primary N) is 1. The number of benzene rings is 1. The van der Waals surface area contributed by atoms with E-state index in [9.17, 15) is 5.11 Å². The highest BCUT2D eigenvalue weighted by Crippen LogP contribution is 2.19. The van der Waals surface area contributed by atoms with Gasteiger partial charge in [0.1, 0.15) is 0 Å². The molecule has 2 rings (SSSR count). The number of fused-ring (bicyclic) bond motifs is 1. The van der Waals surface area contributed by atoms with Gasteiger partial charge in [-0.15, -0.1) is 0 Å². The summed E-state index contributed by atoms with van der Waals surface area (Å²) in [5.74, 6) is -0.229. The molecule has 0 atom stereocenters. The van der Waals surface area contributed by atoms with Crippen molar-refractivity contribution < 1.29 is 5.11 Å². The molecule has 1 aromatic carbocycles. The van der Waals surface area contributed by atoms with Crippen molar-refractivity contribution in [3.05, 3.63) is 30.3 Å². The van der Waals surface area contributed by atoms with Crippen LogP contribution in [0, 0.1) is 0 Å². The van der Waals surface area contributed by atoms with Crippen molar-refractivity contribution >= 4 is 16.6 Å². The summed E-state index contributed by atoms with van der Waals surface area (Å²) in [7, 11) is 0. The number of nitrogen functional groups attached to an aromatic ring is 1. The molecule has 2 aromatic rings. The minimum absolute atomic E-state index is 0.229. The van der Waals surface area contributed by atoms with E-state index in [0.717, 1.165) is 5.39 Å². The van der Waals surface area contributed by atoms with Crippen molar-refractivity contribution in [1.82, 2.24) is 4.98 Å². The van der Waals surface area contributed by atoms with Gasteiger partial charge < -0.3 is 10.8 Å². The van der Waals surface area contributed by atoms with Crippen LogP contribution in [0.15, 0.2) is 30.3 Å². The Balaban J connectivity index is 2.86. The summed E-state index contributed by atoms with van der Waals surface area (Å²) >= 11 is 0. The third kappa shape index (κ3) is 0.955. The number of hydrogen-bond acceptors (Lipinski definition) is 3. The van der Waals surface area contributed by atoms with Crippen molar-refractivity contribution in [2.45, 2.75) is 0 Å². The highest BCUT2D eigenvalue weighted by atomic mass is 16.3. The third-order valence-corrected chi connectivity index (χ3v) is 1.74. The van der Waals surface area contributed by atoms with Crippen LogP contribution < -0.4 is 10.8 Å². The molecule has 0 radical (unpaired) electrons. The van der Waals surface area contributed by atoms with Gasteiger partial charge in [0.05, 0.1) is 5.52 Å². The topological polar surface area (TPSA) is 62.0 Å². The molecule has 0 aliphatic rings. The Morgan fingerprint density at radius 1 is 1.17 bits per heavy atom. The van der Waals surface area contributed by atoms with E-state index in [-0.39, 0.29) is 5.88 Å². The van der Waals surface area contributed by atoms with Gasteiger partial charge in [-0.1, -0.05) is 12.1 Å². The van der Waals surface area contributed by atoms with Gasteiger partial charge in [0.25, 0.3) is 0 Å². The maximum atomic E-state index is 10.8. The number of pyridine rings is 1. The van der Waals surface area contributed by atoms with Gasteiger partial charge >= 0.3 is 0 Å². The van der Waals surface area contributed by atoms with Gasteiger partial charge in [0, 0.05) is 11.1 Å². The Morgan fingerprint density at radius 3 is 2.83 bits per heavy atom. The lowest BCUT2D eigenvalue weighted by atomic mass is 10.2. The molecule has 0 saturated heterocycles. The summed E-state index contributed by atoms with van der Waals surface area (Å²) in [6.07, 6.45) is 0. The van der Waals surface area contributed by atoms with Gasteiger partial charge in [-0.05, 0) is 24.1 Å². The minimum atomic E-state index is -0.229. The molecule has 1 heterocycles. The zero-order chi connectivity index (χ0) is 8.55. The van der Waals surface area contributed by atoms with Crippen molar-refractivity contribution in [3.63, 3.8) is 0 Å². The Kier molecular flexibility index (Phi) is 1.37. The van der Waals surface area contributed by atoms with Crippen LogP contribution in [0.2, 0.25) is 0 Å². The molecule has 0 aliphatic heterocycles. The highest BCUT2D eigenvalue weighted by molar-refractivity contribution is 5.90. The number of nitrogens with zero attached hydrogens (tertiary/aromatic N) is 1.